The molecule has 2 rings (SSSR count). The predicted molar refractivity (Wildman–Crippen MR) is 50.5 cm³/mol. The quantitative estimate of drug-likeness (QED) is 0.633. The maximum absolute atomic E-state index is 5.88. The summed E-state index contributed by atoms with van der Waals surface area (Å²) < 4.78 is 1.22. The molecule has 0 aromatic carbocycles. The van der Waals surface area contributed by atoms with Crippen LogP contribution in [0.25, 0.3) is 0 Å². The Balaban J connectivity index is 1.97. The second kappa shape index (κ2) is 2.71. The van der Waals surface area contributed by atoms with Crippen molar-refractivity contribution in [2.75, 3.05) is 26.3 Å². The van der Waals surface area contributed by atoms with E-state index in [-0.39, 0.29) is 0 Å². The Morgan fingerprint density at radius 2 is 1.83 bits per heavy atom. The van der Waals surface area contributed by atoms with Crippen LogP contribution in [0.5, 0.6) is 0 Å². The van der Waals surface area contributed by atoms with Gasteiger partial charge in [-0.1, -0.05) is 6.92 Å². The van der Waals surface area contributed by atoms with E-state index in [1.54, 1.807) is 0 Å². The number of rotatable bonds is 3. The Kier molecular flexibility index (Phi) is 1.92. The molecule has 0 unspecified atom stereocenters. The Morgan fingerprint density at radius 1 is 1.25 bits per heavy atom. The van der Waals surface area contributed by atoms with Gasteiger partial charge in [-0.25, -0.2) is 0 Å². The molecule has 0 aromatic rings. The molecule has 2 fully saturated rings. The van der Waals surface area contributed by atoms with E-state index in [2.05, 4.69) is 6.92 Å². The highest BCUT2D eigenvalue weighted by molar-refractivity contribution is 4.88. The molecular weight excluding hydrogens is 148 g/mol. The SMILES string of the molecule is CC1(C[N+]2(CN)CCCC2)CC1. The largest absolute Gasteiger partial charge is 0.311 e. The maximum atomic E-state index is 5.88. The molecule has 2 nitrogen and oxygen atoms in total. The van der Waals surface area contributed by atoms with Crippen molar-refractivity contribution in [3.8, 4) is 0 Å². The summed E-state index contributed by atoms with van der Waals surface area (Å²) >= 11 is 0. The third-order valence-electron chi connectivity index (χ3n) is 3.72. The second-order valence-corrected chi connectivity index (χ2v) is 5.15. The van der Waals surface area contributed by atoms with E-state index in [0.717, 1.165) is 6.67 Å². The molecule has 12 heavy (non-hydrogen) atoms. The van der Waals surface area contributed by atoms with E-state index in [1.165, 1.54) is 49.8 Å². The standard InChI is InChI=1S/C10H21N2/c1-10(4-5-10)8-12(9-11)6-2-3-7-12/h2-9,11H2,1H3/q+1. The van der Waals surface area contributed by atoms with Gasteiger partial charge in [0.15, 0.2) is 0 Å². The summed E-state index contributed by atoms with van der Waals surface area (Å²) in [6.45, 7) is 7.32. The highest BCUT2D eigenvalue weighted by atomic mass is 15.4. The number of likely N-dealkylation sites (tertiary alicyclic amines) is 1. The zero-order valence-corrected chi connectivity index (χ0v) is 8.18. The Bertz CT molecular complexity index is 167. The monoisotopic (exact) mass is 169 g/mol. The second-order valence-electron chi connectivity index (χ2n) is 5.15. The molecule has 2 N–H and O–H groups in total. The predicted octanol–water partition coefficient (Wildman–Crippen LogP) is 1.31. The Labute approximate surface area is 75.3 Å². The van der Waals surface area contributed by atoms with Crippen molar-refractivity contribution in [1.29, 1.82) is 0 Å². The van der Waals surface area contributed by atoms with Crippen LogP contribution < -0.4 is 5.73 Å². The van der Waals surface area contributed by atoms with Crippen molar-refractivity contribution >= 4 is 0 Å². The summed E-state index contributed by atoms with van der Waals surface area (Å²) in [6.07, 6.45) is 5.67. The van der Waals surface area contributed by atoms with Crippen molar-refractivity contribution in [3.05, 3.63) is 0 Å². The summed E-state index contributed by atoms with van der Waals surface area (Å²) in [6, 6.07) is 0. The zero-order chi connectivity index (χ0) is 8.66. The first-order valence-electron chi connectivity index (χ1n) is 5.23. The number of hydrogen-bond donors (Lipinski definition) is 1. The molecule has 0 spiro atoms. The van der Waals surface area contributed by atoms with Gasteiger partial charge < -0.3 is 4.48 Å². The van der Waals surface area contributed by atoms with Crippen LogP contribution in [-0.2, 0) is 0 Å². The molecule has 0 aromatic heterocycles. The lowest BCUT2D eigenvalue weighted by Crippen LogP contribution is -2.52. The van der Waals surface area contributed by atoms with Crippen molar-refractivity contribution in [2.24, 2.45) is 11.1 Å². The maximum Gasteiger partial charge on any atom is 0.130 e. The van der Waals surface area contributed by atoms with Gasteiger partial charge in [-0.05, 0) is 12.8 Å². The molecule has 2 heteroatoms. The number of hydrogen-bond acceptors (Lipinski definition) is 1. The molecular formula is C10H21N2+. The average Bonchev–Trinajstić information content (AvgIpc) is 2.62. The number of quaternary nitrogens is 1. The van der Waals surface area contributed by atoms with Gasteiger partial charge >= 0.3 is 0 Å². The highest BCUT2D eigenvalue weighted by Gasteiger charge is 2.46. The van der Waals surface area contributed by atoms with E-state index >= 15 is 0 Å². The van der Waals surface area contributed by atoms with Crippen molar-refractivity contribution in [2.45, 2.75) is 32.6 Å². The van der Waals surface area contributed by atoms with Crippen molar-refractivity contribution < 1.29 is 4.48 Å². The fraction of sp³-hybridized carbons (Fsp3) is 1.00. The van der Waals surface area contributed by atoms with Crippen LogP contribution in [-0.4, -0.2) is 30.8 Å². The fourth-order valence-corrected chi connectivity index (χ4v) is 2.59. The van der Waals surface area contributed by atoms with Crippen LogP contribution in [0.15, 0.2) is 0 Å². The third kappa shape index (κ3) is 1.50. The molecule has 1 aliphatic carbocycles. The Hall–Kier alpha value is -0.0800. The van der Waals surface area contributed by atoms with E-state index in [4.69, 9.17) is 5.73 Å². The van der Waals surface area contributed by atoms with E-state index in [0.29, 0.717) is 5.41 Å². The summed E-state index contributed by atoms with van der Waals surface area (Å²) in [5.41, 5.74) is 6.55. The lowest BCUT2D eigenvalue weighted by molar-refractivity contribution is -0.920. The first-order chi connectivity index (χ1) is 5.68. The molecule has 0 atom stereocenters. The highest BCUT2D eigenvalue weighted by Crippen LogP contribution is 2.47. The van der Waals surface area contributed by atoms with Gasteiger partial charge in [0.25, 0.3) is 0 Å². The van der Waals surface area contributed by atoms with E-state index in [1.807, 2.05) is 0 Å². The molecule has 70 valence electrons. The molecule has 1 aliphatic heterocycles. The van der Waals surface area contributed by atoms with Crippen LogP contribution in [0.2, 0.25) is 0 Å². The van der Waals surface area contributed by atoms with Crippen LogP contribution in [0.4, 0.5) is 0 Å². The minimum Gasteiger partial charge on any atom is -0.311 e. The van der Waals surface area contributed by atoms with Crippen LogP contribution >= 0.6 is 0 Å². The number of nitrogens with two attached hydrogens (primary N) is 1. The molecule has 0 bridgehead atoms. The average molecular weight is 169 g/mol. The molecule has 1 saturated carbocycles. The summed E-state index contributed by atoms with van der Waals surface area (Å²) in [4.78, 5) is 0. The van der Waals surface area contributed by atoms with Gasteiger partial charge in [0.05, 0.1) is 19.6 Å². The molecule has 1 heterocycles. The lowest BCUT2D eigenvalue weighted by atomic mass is 10.1. The molecule has 0 radical (unpaired) electrons. The third-order valence-corrected chi connectivity index (χ3v) is 3.72. The first kappa shape index (κ1) is 8.52. The topological polar surface area (TPSA) is 26.0 Å². The zero-order valence-electron chi connectivity index (χ0n) is 8.18. The molecule has 0 amide bonds. The summed E-state index contributed by atoms with van der Waals surface area (Å²) in [7, 11) is 0. The Morgan fingerprint density at radius 3 is 2.25 bits per heavy atom. The summed E-state index contributed by atoms with van der Waals surface area (Å²) in [5, 5.41) is 0. The molecule has 1 saturated heterocycles. The fourth-order valence-electron chi connectivity index (χ4n) is 2.59. The normalized spacial score (nSPS) is 30.5. The van der Waals surface area contributed by atoms with E-state index < -0.39 is 0 Å². The van der Waals surface area contributed by atoms with Crippen molar-refractivity contribution in [1.82, 2.24) is 0 Å². The van der Waals surface area contributed by atoms with Gasteiger partial charge in [0, 0.05) is 18.3 Å². The minimum atomic E-state index is 0.670. The first-order valence-corrected chi connectivity index (χ1v) is 5.23. The van der Waals surface area contributed by atoms with Gasteiger partial charge in [-0.15, -0.1) is 0 Å². The van der Waals surface area contributed by atoms with Crippen LogP contribution in [0, 0.1) is 5.41 Å². The van der Waals surface area contributed by atoms with Crippen LogP contribution in [0.1, 0.15) is 32.6 Å². The van der Waals surface area contributed by atoms with E-state index in [9.17, 15) is 0 Å². The smallest absolute Gasteiger partial charge is 0.130 e. The lowest BCUT2D eigenvalue weighted by Gasteiger charge is -2.35. The van der Waals surface area contributed by atoms with Gasteiger partial charge in [0.2, 0.25) is 0 Å². The van der Waals surface area contributed by atoms with Gasteiger partial charge in [-0.2, -0.15) is 0 Å². The molecule has 2 aliphatic rings. The number of nitrogens with zero attached hydrogens (tertiary/aromatic N) is 1. The summed E-state index contributed by atoms with van der Waals surface area (Å²) in [5.74, 6) is 0. The van der Waals surface area contributed by atoms with Crippen molar-refractivity contribution in [3.63, 3.8) is 0 Å². The minimum absolute atomic E-state index is 0.670. The van der Waals surface area contributed by atoms with Crippen LogP contribution in [0.3, 0.4) is 0 Å². The van der Waals surface area contributed by atoms with Gasteiger partial charge in [-0.3, -0.25) is 5.73 Å². The van der Waals surface area contributed by atoms with Gasteiger partial charge in [0.1, 0.15) is 6.67 Å².